The van der Waals surface area contributed by atoms with Crippen molar-refractivity contribution in [2.75, 3.05) is 0 Å². The van der Waals surface area contributed by atoms with Crippen LogP contribution in [0.3, 0.4) is 0 Å². The summed E-state index contributed by atoms with van der Waals surface area (Å²) < 4.78 is 8.65. The summed E-state index contributed by atoms with van der Waals surface area (Å²) in [5, 5.41) is 7.79. The number of hydrogen-bond acceptors (Lipinski definition) is 4. The van der Waals surface area contributed by atoms with Crippen molar-refractivity contribution >= 4 is 15.9 Å². The zero-order valence-corrected chi connectivity index (χ0v) is 11.9. The Bertz CT molecular complexity index is 553. The standard InChI is InChI=1S/C12H15BrN4O/c1-8-3-10(13)4-9(5-14)12(8)18-6-11-16-15-7-17(11)2/h3-4,7H,5-6,14H2,1-2H3. The number of rotatable bonds is 4. The second-order valence-electron chi connectivity index (χ2n) is 4.06. The lowest BCUT2D eigenvalue weighted by Gasteiger charge is -2.13. The predicted molar refractivity (Wildman–Crippen MR) is 72.1 cm³/mol. The highest BCUT2D eigenvalue weighted by Gasteiger charge is 2.09. The molecule has 0 bridgehead atoms. The average Bonchev–Trinajstić information content (AvgIpc) is 2.73. The Labute approximate surface area is 114 Å². The second-order valence-corrected chi connectivity index (χ2v) is 4.98. The Morgan fingerprint density at radius 1 is 1.44 bits per heavy atom. The van der Waals surface area contributed by atoms with Crippen molar-refractivity contribution in [2.45, 2.75) is 20.1 Å². The number of aromatic nitrogens is 3. The van der Waals surface area contributed by atoms with E-state index in [1.54, 1.807) is 6.33 Å². The molecule has 18 heavy (non-hydrogen) atoms. The van der Waals surface area contributed by atoms with E-state index in [1.807, 2.05) is 30.7 Å². The highest BCUT2D eigenvalue weighted by atomic mass is 79.9. The van der Waals surface area contributed by atoms with E-state index in [4.69, 9.17) is 10.5 Å². The fourth-order valence-corrected chi connectivity index (χ4v) is 2.35. The summed E-state index contributed by atoms with van der Waals surface area (Å²) in [6.45, 7) is 2.82. The highest BCUT2D eigenvalue weighted by molar-refractivity contribution is 9.10. The zero-order chi connectivity index (χ0) is 13.1. The van der Waals surface area contributed by atoms with Crippen LogP contribution in [-0.2, 0) is 20.2 Å². The van der Waals surface area contributed by atoms with Crippen molar-refractivity contribution in [1.29, 1.82) is 0 Å². The molecule has 0 amide bonds. The van der Waals surface area contributed by atoms with Crippen LogP contribution in [0.4, 0.5) is 0 Å². The van der Waals surface area contributed by atoms with E-state index >= 15 is 0 Å². The summed E-state index contributed by atoms with van der Waals surface area (Å²) >= 11 is 3.45. The fourth-order valence-electron chi connectivity index (χ4n) is 1.73. The third-order valence-corrected chi connectivity index (χ3v) is 3.14. The lowest BCUT2D eigenvalue weighted by Crippen LogP contribution is -2.07. The highest BCUT2D eigenvalue weighted by Crippen LogP contribution is 2.28. The molecule has 0 saturated heterocycles. The van der Waals surface area contributed by atoms with Gasteiger partial charge in [-0.15, -0.1) is 10.2 Å². The quantitative estimate of drug-likeness (QED) is 0.937. The van der Waals surface area contributed by atoms with Crippen LogP contribution in [0.5, 0.6) is 5.75 Å². The number of halogens is 1. The number of ether oxygens (including phenoxy) is 1. The van der Waals surface area contributed by atoms with Crippen molar-refractivity contribution in [3.8, 4) is 5.75 Å². The molecule has 0 saturated carbocycles. The van der Waals surface area contributed by atoms with Crippen LogP contribution in [-0.4, -0.2) is 14.8 Å². The van der Waals surface area contributed by atoms with Gasteiger partial charge in [-0.25, -0.2) is 0 Å². The van der Waals surface area contributed by atoms with Gasteiger partial charge in [0.2, 0.25) is 0 Å². The first-order valence-electron chi connectivity index (χ1n) is 5.56. The van der Waals surface area contributed by atoms with Gasteiger partial charge in [0.05, 0.1) is 0 Å². The van der Waals surface area contributed by atoms with Gasteiger partial charge in [-0.2, -0.15) is 0 Å². The normalized spacial score (nSPS) is 10.7. The van der Waals surface area contributed by atoms with Gasteiger partial charge >= 0.3 is 0 Å². The number of hydrogen-bond donors (Lipinski definition) is 1. The number of nitrogens with two attached hydrogens (primary N) is 1. The molecule has 0 atom stereocenters. The van der Waals surface area contributed by atoms with E-state index in [-0.39, 0.29) is 0 Å². The molecule has 1 aromatic carbocycles. The predicted octanol–water partition coefficient (Wildman–Crippen LogP) is 1.92. The van der Waals surface area contributed by atoms with E-state index in [0.717, 1.165) is 27.2 Å². The smallest absolute Gasteiger partial charge is 0.170 e. The van der Waals surface area contributed by atoms with Crippen LogP contribution in [0.1, 0.15) is 17.0 Å². The zero-order valence-electron chi connectivity index (χ0n) is 10.4. The van der Waals surface area contributed by atoms with Gasteiger partial charge in [0.15, 0.2) is 5.82 Å². The van der Waals surface area contributed by atoms with Gasteiger partial charge in [-0.1, -0.05) is 15.9 Å². The van der Waals surface area contributed by atoms with Crippen LogP contribution >= 0.6 is 15.9 Å². The summed E-state index contributed by atoms with van der Waals surface area (Å²) in [6, 6.07) is 3.98. The minimum Gasteiger partial charge on any atom is -0.485 e. The topological polar surface area (TPSA) is 66.0 Å². The van der Waals surface area contributed by atoms with Crippen LogP contribution in [0.15, 0.2) is 22.9 Å². The monoisotopic (exact) mass is 310 g/mol. The third kappa shape index (κ3) is 2.70. The van der Waals surface area contributed by atoms with E-state index in [0.29, 0.717) is 13.2 Å². The van der Waals surface area contributed by atoms with Crippen molar-refractivity contribution in [3.05, 3.63) is 39.9 Å². The molecule has 2 rings (SSSR count). The molecule has 0 unspecified atom stereocenters. The molecule has 0 aliphatic rings. The maximum absolute atomic E-state index is 5.81. The van der Waals surface area contributed by atoms with E-state index in [9.17, 15) is 0 Å². The van der Waals surface area contributed by atoms with Gasteiger partial charge in [0, 0.05) is 23.6 Å². The second kappa shape index (κ2) is 5.49. The Hall–Kier alpha value is -1.40. The van der Waals surface area contributed by atoms with Crippen molar-refractivity contribution in [3.63, 3.8) is 0 Å². The van der Waals surface area contributed by atoms with Crippen LogP contribution in [0, 0.1) is 6.92 Å². The molecular formula is C12H15BrN4O. The first-order chi connectivity index (χ1) is 8.61. The van der Waals surface area contributed by atoms with Crippen molar-refractivity contribution in [2.24, 2.45) is 12.8 Å². The van der Waals surface area contributed by atoms with Gasteiger partial charge < -0.3 is 15.0 Å². The Balaban J connectivity index is 2.21. The summed E-state index contributed by atoms with van der Waals surface area (Å²) in [5.74, 6) is 1.60. The summed E-state index contributed by atoms with van der Waals surface area (Å²) in [5.41, 5.74) is 7.76. The lowest BCUT2D eigenvalue weighted by atomic mass is 10.1. The fraction of sp³-hybridized carbons (Fsp3) is 0.333. The summed E-state index contributed by atoms with van der Waals surface area (Å²) in [6.07, 6.45) is 1.65. The molecule has 1 heterocycles. The molecule has 6 heteroatoms. The lowest BCUT2D eigenvalue weighted by molar-refractivity contribution is 0.286. The first kappa shape index (κ1) is 13.0. The number of nitrogens with zero attached hydrogens (tertiary/aromatic N) is 3. The minimum atomic E-state index is 0.381. The maximum atomic E-state index is 5.81. The summed E-state index contributed by atoms with van der Waals surface area (Å²) in [7, 11) is 1.89. The number of aryl methyl sites for hydroxylation is 2. The Kier molecular flexibility index (Phi) is 3.98. The van der Waals surface area contributed by atoms with E-state index in [1.165, 1.54) is 0 Å². The number of benzene rings is 1. The largest absolute Gasteiger partial charge is 0.485 e. The maximum Gasteiger partial charge on any atom is 0.170 e. The van der Waals surface area contributed by atoms with Gasteiger partial charge in [-0.05, 0) is 24.6 Å². The average molecular weight is 311 g/mol. The van der Waals surface area contributed by atoms with Gasteiger partial charge in [0.25, 0.3) is 0 Å². The molecule has 0 spiro atoms. The molecule has 0 fully saturated rings. The van der Waals surface area contributed by atoms with Crippen LogP contribution in [0.2, 0.25) is 0 Å². The molecule has 0 aliphatic heterocycles. The van der Waals surface area contributed by atoms with Crippen LogP contribution < -0.4 is 10.5 Å². The molecule has 5 nitrogen and oxygen atoms in total. The Morgan fingerprint density at radius 3 is 2.83 bits per heavy atom. The SMILES string of the molecule is Cc1cc(Br)cc(CN)c1OCc1nncn1C. The summed E-state index contributed by atoms with van der Waals surface area (Å²) in [4.78, 5) is 0. The molecule has 0 radical (unpaired) electrons. The Morgan fingerprint density at radius 2 is 2.22 bits per heavy atom. The van der Waals surface area contributed by atoms with Crippen molar-refractivity contribution in [1.82, 2.24) is 14.8 Å². The van der Waals surface area contributed by atoms with Gasteiger partial charge in [-0.3, -0.25) is 0 Å². The molecule has 1 aromatic heterocycles. The van der Waals surface area contributed by atoms with Gasteiger partial charge in [0.1, 0.15) is 18.7 Å². The molecule has 2 N–H and O–H groups in total. The first-order valence-corrected chi connectivity index (χ1v) is 6.36. The molecule has 0 aliphatic carbocycles. The van der Waals surface area contributed by atoms with E-state index in [2.05, 4.69) is 26.1 Å². The minimum absolute atomic E-state index is 0.381. The molecule has 96 valence electrons. The van der Waals surface area contributed by atoms with Crippen LogP contribution in [0.25, 0.3) is 0 Å². The molecule has 2 aromatic rings. The van der Waals surface area contributed by atoms with Crippen molar-refractivity contribution < 1.29 is 4.74 Å². The van der Waals surface area contributed by atoms with E-state index < -0.39 is 0 Å². The third-order valence-electron chi connectivity index (χ3n) is 2.69. The molecular weight excluding hydrogens is 296 g/mol.